The average Bonchev–Trinajstić information content (AvgIpc) is 2.22. The van der Waals surface area contributed by atoms with Crippen molar-refractivity contribution in [3.8, 4) is 0 Å². The van der Waals surface area contributed by atoms with Crippen molar-refractivity contribution in [3.63, 3.8) is 0 Å². The van der Waals surface area contributed by atoms with Gasteiger partial charge in [-0.3, -0.25) is 0 Å². The third-order valence-electron chi connectivity index (χ3n) is 3.13. The van der Waals surface area contributed by atoms with E-state index in [-0.39, 0.29) is 5.04 Å². The zero-order valence-electron chi connectivity index (χ0n) is 11.6. The number of ether oxygens (including phenoxy) is 1. The van der Waals surface area contributed by atoms with E-state index in [1.807, 2.05) is 0 Å². The van der Waals surface area contributed by atoms with Crippen molar-refractivity contribution in [1.29, 1.82) is 0 Å². The Labute approximate surface area is 130 Å². The van der Waals surface area contributed by atoms with E-state index in [0.29, 0.717) is 13.0 Å². The van der Waals surface area contributed by atoms with Crippen LogP contribution in [0.15, 0.2) is 0 Å². The van der Waals surface area contributed by atoms with Gasteiger partial charge in [-0.15, -0.1) is 0 Å². The normalized spacial score (nSPS) is 14.2. The molecule has 0 N–H and O–H groups in total. The Morgan fingerprint density at radius 3 is 2.39 bits per heavy atom. The van der Waals surface area contributed by atoms with Gasteiger partial charge in [0.25, 0.3) is 0 Å². The van der Waals surface area contributed by atoms with Crippen LogP contribution in [0.1, 0.15) is 33.6 Å². The van der Waals surface area contributed by atoms with Gasteiger partial charge in [0.1, 0.15) is 0 Å². The van der Waals surface area contributed by atoms with E-state index in [1.165, 1.54) is 23.0 Å². The van der Waals surface area contributed by atoms with Gasteiger partial charge in [0.2, 0.25) is 0 Å². The molecule has 108 valence electrons. The second-order valence-electron chi connectivity index (χ2n) is 5.61. The highest BCUT2D eigenvalue weighted by Gasteiger charge is 2.36. The third kappa shape index (κ3) is 7.15. The minimum absolute atomic E-state index is 0.203. The summed E-state index contributed by atoms with van der Waals surface area (Å²) in [5, 5.41) is 0.203. The number of halogens is 2. The van der Waals surface area contributed by atoms with E-state index >= 15 is 0 Å². The topological polar surface area (TPSA) is 44.8 Å². The molecule has 0 aromatic carbocycles. The molecule has 1 atom stereocenters. The molecule has 0 amide bonds. The maximum Gasteiger partial charge on any atom is 0.519 e. The van der Waals surface area contributed by atoms with Gasteiger partial charge in [0, 0.05) is 13.0 Å². The molecule has 0 heterocycles. The van der Waals surface area contributed by atoms with Crippen LogP contribution in [0.5, 0.6) is 0 Å². The van der Waals surface area contributed by atoms with Crippen molar-refractivity contribution in [2.75, 3.05) is 6.61 Å². The fourth-order valence-electron chi connectivity index (χ4n) is 0.969. The van der Waals surface area contributed by atoms with Crippen LogP contribution >= 0.6 is 34.6 Å². The lowest BCUT2D eigenvalue weighted by Gasteiger charge is -2.36. The molecular weight excluding hydrogens is 387 g/mol. The molecule has 0 aromatic rings. The SMILES string of the molecule is CC(C)(C)[Si](C)(C)OCCCC(Cl)OC(=O)OI. The summed E-state index contributed by atoms with van der Waals surface area (Å²) in [5.74, 6) is 0. The lowest BCUT2D eigenvalue weighted by Crippen LogP contribution is -2.41. The van der Waals surface area contributed by atoms with E-state index in [4.69, 9.17) is 20.8 Å². The van der Waals surface area contributed by atoms with Crippen molar-refractivity contribution < 1.29 is 17.0 Å². The molecule has 7 heteroatoms. The minimum Gasteiger partial charge on any atom is -0.417 e. The smallest absolute Gasteiger partial charge is 0.417 e. The molecule has 0 bridgehead atoms. The summed E-state index contributed by atoms with van der Waals surface area (Å²) < 4.78 is 15.1. The van der Waals surface area contributed by atoms with Gasteiger partial charge in [0.15, 0.2) is 36.9 Å². The second-order valence-corrected chi connectivity index (χ2v) is 11.3. The summed E-state index contributed by atoms with van der Waals surface area (Å²) in [6.45, 7) is 11.6. The van der Waals surface area contributed by atoms with Crippen LogP contribution in [-0.4, -0.2) is 26.6 Å². The Morgan fingerprint density at radius 1 is 1.39 bits per heavy atom. The van der Waals surface area contributed by atoms with Crippen molar-refractivity contribution in [1.82, 2.24) is 0 Å². The fraction of sp³-hybridized carbons (Fsp3) is 0.909. The zero-order chi connectivity index (χ0) is 14.4. The Bertz CT molecular complexity index is 268. The number of hydrogen-bond donors (Lipinski definition) is 0. The van der Waals surface area contributed by atoms with Gasteiger partial charge < -0.3 is 12.2 Å². The Morgan fingerprint density at radius 2 is 1.94 bits per heavy atom. The van der Waals surface area contributed by atoms with Crippen LogP contribution in [0, 0.1) is 0 Å². The number of alkyl halides is 1. The van der Waals surface area contributed by atoms with Crippen molar-refractivity contribution in [3.05, 3.63) is 0 Å². The summed E-state index contributed by atoms with van der Waals surface area (Å²) in [7, 11) is -1.69. The first-order valence-corrected chi connectivity index (χ1v) is 10.1. The highest BCUT2D eigenvalue weighted by molar-refractivity contribution is 14.1. The summed E-state index contributed by atoms with van der Waals surface area (Å²) in [5.41, 5.74) is -0.657. The number of rotatable bonds is 6. The summed E-state index contributed by atoms with van der Waals surface area (Å²) in [6, 6.07) is 0. The molecule has 0 aliphatic carbocycles. The van der Waals surface area contributed by atoms with E-state index in [2.05, 4.69) is 36.9 Å². The lowest BCUT2D eigenvalue weighted by atomic mass is 10.2. The first kappa shape index (κ1) is 18.5. The standard InChI is InChI=1S/C11H22ClIO4Si/c1-11(2,3)18(4,5)15-8-6-7-9(12)16-10(14)17-13/h9H,6-8H2,1-5H3. The molecule has 0 fully saturated rings. The molecule has 0 radical (unpaired) electrons. The molecule has 0 spiro atoms. The minimum atomic E-state index is -1.69. The predicted molar refractivity (Wildman–Crippen MR) is 83.6 cm³/mol. The van der Waals surface area contributed by atoms with Crippen LogP contribution in [0.2, 0.25) is 18.1 Å². The molecule has 1 unspecified atom stereocenters. The average molecular weight is 409 g/mol. The first-order chi connectivity index (χ1) is 8.10. The van der Waals surface area contributed by atoms with Crippen molar-refractivity contribution in [2.45, 2.75) is 57.3 Å². The molecule has 0 aromatic heterocycles. The van der Waals surface area contributed by atoms with Crippen molar-refractivity contribution >= 4 is 49.1 Å². The molecule has 0 rings (SSSR count). The van der Waals surface area contributed by atoms with Gasteiger partial charge in [-0.1, -0.05) is 32.4 Å². The highest BCUT2D eigenvalue weighted by Crippen LogP contribution is 2.36. The van der Waals surface area contributed by atoms with E-state index in [1.54, 1.807) is 0 Å². The van der Waals surface area contributed by atoms with Crippen LogP contribution < -0.4 is 0 Å². The maximum absolute atomic E-state index is 10.8. The molecule has 0 saturated heterocycles. The molecule has 0 aliphatic heterocycles. The molecular formula is C11H22ClIO4Si. The largest absolute Gasteiger partial charge is 0.519 e. The van der Waals surface area contributed by atoms with Gasteiger partial charge in [-0.2, -0.15) is 0 Å². The first-order valence-electron chi connectivity index (χ1n) is 5.87. The lowest BCUT2D eigenvalue weighted by molar-refractivity contribution is 0.0946. The zero-order valence-corrected chi connectivity index (χ0v) is 15.5. The Balaban J connectivity index is 3.84. The number of hydrogen-bond acceptors (Lipinski definition) is 4. The molecule has 0 aliphatic rings. The van der Waals surface area contributed by atoms with Crippen LogP contribution in [0.3, 0.4) is 0 Å². The Hall–Kier alpha value is 0.467. The predicted octanol–water partition coefficient (Wildman–Crippen LogP) is 4.86. The highest BCUT2D eigenvalue weighted by atomic mass is 127. The monoisotopic (exact) mass is 408 g/mol. The maximum atomic E-state index is 10.8. The summed E-state index contributed by atoms with van der Waals surface area (Å²) in [4.78, 5) is 10.8. The molecule has 0 saturated carbocycles. The van der Waals surface area contributed by atoms with Crippen LogP contribution in [-0.2, 0) is 12.2 Å². The number of carbonyl (C=O) groups excluding carboxylic acids is 1. The van der Waals surface area contributed by atoms with Crippen LogP contribution in [0.25, 0.3) is 0 Å². The third-order valence-corrected chi connectivity index (χ3v) is 8.34. The summed E-state index contributed by atoms with van der Waals surface area (Å²) in [6.07, 6.45) is 0.554. The van der Waals surface area contributed by atoms with Gasteiger partial charge in [0.05, 0.1) is 0 Å². The van der Waals surface area contributed by atoms with E-state index in [0.717, 1.165) is 6.42 Å². The quantitative estimate of drug-likeness (QED) is 0.207. The van der Waals surface area contributed by atoms with E-state index in [9.17, 15) is 4.79 Å². The van der Waals surface area contributed by atoms with E-state index < -0.39 is 20.0 Å². The van der Waals surface area contributed by atoms with Gasteiger partial charge in [-0.25, -0.2) is 4.79 Å². The Kier molecular flexibility index (Phi) is 8.12. The van der Waals surface area contributed by atoms with Gasteiger partial charge >= 0.3 is 6.16 Å². The molecule has 18 heavy (non-hydrogen) atoms. The summed E-state index contributed by atoms with van der Waals surface area (Å²) >= 11 is 7.28. The fourth-order valence-corrected chi connectivity index (χ4v) is 2.39. The van der Waals surface area contributed by atoms with Crippen LogP contribution in [0.4, 0.5) is 4.79 Å². The van der Waals surface area contributed by atoms with Crippen molar-refractivity contribution in [2.24, 2.45) is 0 Å². The van der Waals surface area contributed by atoms with Gasteiger partial charge in [-0.05, 0) is 24.6 Å². The molecule has 4 nitrogen and oxygen atoms in total. The second kappa shape index (κ2) is 7.91. The number of carbonyl (C=O) groups is 1.